The Bertz CT molecular complexity index is 650. The summed E-state index contributed by atoms with van der Waals surface area (Å²) < 4.78 is 5.08. The molecule has 2 N–H and O–H groups in total. The molecule has 0 aromatic heterocycles. The van der Waals surface area contributed by atoms with Crippen LogP contribution >= 0.6 is 0 Å². The van der Waals surface area contributed by atoms with Gasteiger partial charge in [0.1, 0.15) is 0 Å². The van der Waals surface area contributed by atoms with Crippen LogP contribution in [0.4, 0.5) is 4.79 Å². The Hall–Kier alpha value is -2.34. The number of amides is 2. The molecule has 25 heavy (non-hydrogen) atoms. The molecular weight excluding hydrogens is 318 g/mol. The van der Waals surface area contributed by atoms with Crippen LogP contribution in [0.3, 0.4) is 0 Å². The minimum Gasteiger partial charge on any atom is -0.463 e. The molecule has 0 atom stereocenters. The third-order valence-electron chi connectivity index (χ3n) is 4.10. The van der Waals surface area contributed by atoms with Crippen LogP contribution in [-0.2, 0) is 16.1 Å². The summed E-state index contributed by atoms with van der Waals surface area (Å²) in [6.07, 6.45) is 0. The van der Waals surface area contributed by atoms with Gasteiger partial charge in [0.05, 0.1) is 18.7 Å². The summed E-state index contributed by atoms with van der Waals surface area (Å²) in [7, 11) is 1.96. The van der Waals surface area contributed by atoms with E-state index in [1.807, 2.05) is 7.05 Å². The van der Waals surface area contributed by atoms with Crippen molar-refractivity contribution in [1.29, 1.82) is 0 Å². The zero-order chi connectivity index (χ0) is 18.4. The topological polar surface area (TPSA) is 70.7 Å². The van der Waals surface area contributed by atoms with Gasteiger partial charge in [-0.25, -0.2) is 9.59 Å². The quantitative estimate of drug-likeness (QED) is 0.745. The van der Waals surface area contributed by atoms with Crippen molar-refractivity contribution in [2.75, 3.05) is 26.7 Å². The largest absolute Gasteiger partial charge is 0.463 e. The number of carbonyl (C=O) groups excluding carboxylic acids is 2. The first kappa shape index (κ1) is 19.0. The van der Waals surface area contributed by atoms with Crippen LogP contribution in [0.15, 0.2) is 35.5 Å². The van der Waals surface area contributed by atoms with Gasteiger partial charge in [-0.05, 0) is 31.0 Å². The lowest BCUT2D eigenvalue weighted by atomic mass is 10.0. The maximum atomic E-state index is 12.1. The highest BCUT2D eigenvalue weighted by molar-refractivity contribution is 5.93. The summed E-state index contributed by atoms with van der Waals surface area (Å²) >= 11 is 0. The molecule has 1 aliphatic rings. The third-order valence-corrected chi connectivity index (χ3v) is 4.10. The van der Waals surface area contributed by atoms with Gasteiger partial charge in [0, 0.05) is 18.8 Å². The molecule has 0 fully saturated rings. The Kier molecular flexibility index (Phi) is 6.58. The summed E-state index contributed by atoms with van der Waals surface area (Å²) in [6.45, 7) is 7.79. The summed E-state index contributed by atoms with van der Waals surface area (Å²) in [5, 5.41) is 5.35. The Morgan fingerprint density at radius 3 is 2.52 bits per heavy atom. The fourth-order valence-electron chi connectivity index (χ4n) is 2.73. The molecule has 1 aromatic rings. The number of benzene rings is 1. The van der Waals surface area contributed by atoms with E-state index in [2.05, 4.69) is 53.6 Å². The number of nitrogens with one attached hydrogen (secondary N) is 2. The molecule has 6 nitrogen and oxygen atoms in total. The van der Waals surface area contributed by atoms with Gasteiger partial charge in [-0.1, -0.05) is 38.1 Å². The van der Waals surface area contributed by atoms with Gasteiger partial charge in [-0.2, -0.15) is 0 Å². The monoisotopic (exact) mass is 345 g/mol. The van der Waals surface area contributed by atoms with E-state index in [1.165, 1.54) is 11.1 Å². The highest BCUT2D eigenvalue weighted by atomic mass is 16.5. The fraction of sp³-hybridized carbons (Fsp3) is 0.474. The Morgan fingerprint density at radius 2 is 1.92 bits per heavy atom. The zero-order valence-electron chi connectivity index (χ0n) is 15.4. The second-order valence-corrected chi connectivity index (χ2v) is 6.55. The minimum atomic E-state index is -0.389. The van der Waals surface area contributed by atoms with Crippen LogP contribution in [0.2, 0.25) is 0 Å². The number of nitrogens with zero attached hydrogens (tertiary/aromatic N) is 1. The summed E-state index contributed by atoms with van der Waals surface area (Å²) in [4.78, 5) is 25.7. The molecule has 0 saturated heterocycles. The van der Waals surface area contributed by atoms with E-state index in [0.29, 0.717) is 30.3 Å². The second kappa shape index (κ2) is 8.67. The van der Waals surface area contributed by atoms with Gasteiger partial charge in [-0.3, -0.25) is 4.90 Å². The maximum absolute atomic E-state index is 12.1. The van der Waals surface area contributed by atoms with Crippen molar-refractivity contribution in [3.8, 4) is 0 Å². The van der Waals surface area contributed by atoms with Gasteiger partial charge in [0.2, 0.25) is 0 Å². The molecule has 0 saturated carbocycles. The molecule has 1 heterocycles. The number of hydrogen-bond donors (Lipinski definition) is 2. The van der Waals surface area contributed by atoms with E-state index < -0.39 is 0 Å². The van der Waals surface area contributed by atoms with Crippen molar-refractivity contribution in [2.24, 2.45) is 0 Å². The Morgan fingerprint density at radius 1 is 1.24 bits per heavy atom. The predicted molar refractivity (Wildman–Crippen MR) is 97.1 cm³/mol. The lowest BCUT2D eigenvalue weighted by molar-refractivity contribution is -0.138. The average Bonchev–Trinajstić information content (AvgIpc) is 2.55. The smallest absolute Gasteiger partial charge is 0.337 e. The molecule has 1 aliphatic heterocycles. The van der Waals surface area contributed by atoms with Crippen molar-refractivity contribution in [1.82, 2.24) is 15.5 Å². The van der Waals surface area contributed by atoms with Crippen molar-refractivity contribution in [2.45, 2.75) is 33.2 Å². The van der Waals surface area contributed by atoms with Gasteiger partial charge in [-0.15, -0.1) is 0 Å². The van der Waals surface area contributed by atoms with E-state index in [0.717, 1.165) is 6.54 Å². The Balaban J connectivity index is 2.06. The highest BCUT2D eigenvalue weighted by Crippen LogP contribution is 2.16. The van der Waals surface area contributed by atoms with Crippen LogP contribution in [-0.4, -0.2) is 43.6 Å². The van der Waals surface area contributed by atoms with Gasteiger partial charge < -0.3 is 15.4 Å². The molecule has 2 rings (SSSR count). The third kappa shape index (κ3) is 5.32. The van der Waals surface area contributed by atoms with Crippen molar-refractivity contribution in [3.63, 3.8) is 0 Å². The standard InChI is InChI=1S/C19H27N3O3/c1-5-25-18(23)16-10-20-19(24)21-17(16)12-22(4)11-14-6-8-15(9-7-14)13(2)3/h6-9,13H,5,10-12H2,1-4H3,(H2,20,21,24). The molecule has 6 heteroatoms. The van der Waals surface area contributed by atoms with Crippen molar-refractivity contribution < 1.29 is 14.3 Å². The van der Waals surface area contributed by atoms with E-state index in [1.54, 1.807) is 6.92 Å². The SMILES string of the molecule is CCOC(=O)C1=C(CN(C)Cc2ccc(C(C)C)cc2)NC(=O)NC1. The molecule has 0 unspecified atom stereocenters. The normalized spacial score (nSPS) is 14.6. The van der Waals surface area contributed by atoms with Crippen LogP contribution in [0.1, 0.15) is 37.8 Å². The van der Waals surface area contributed by atoms with E-state index >= 15 is 0 Å². The lowest BCUT2D eigenvalue weighted by Crippen LogP contribution is -2.46. The van der Waals surface area contributed by atoms with Crippen LogP contribution in [0.25, 0.3) is 0 Å². The molecule has 136 valence electrons. The van der Waals surface area contributed by atoms with Gasteiger partial charge in [0.15, 0.2) is 0 Å². The van der Waals surface area contributed by atoms with Gasteiger partial charge >= 0.3 is 12.0 Å². The molecule has 2 amide bonds. The highest BCUT2D eigenvalue weighted by Gasteiger charge is 2.24. The molecule has 0 bridgehead atoms. The number of urea groups is 1. The maximum Gasteiger partial charge on any atom is 0.337 e. The van der Waals surface area contributed by atoms with Crippen molar-refractivity contribution in [3.05, 3.63) is 46.7 Å². The van der Waals surface area contributed by atoms with Crippen molar-refractivity contribution >= 4 is 12.0 Å². The van der Waals surface area contributed by atoms with Gasteiger partial charge in [0.25, 0.3) is 0 Å². The molecule has 0 spiro atoms. The summed E-state index contributed by atoms with van der Waals surface area (Å²) in [6, 6.07) is 8.23. The van der Waals surface area contributed by atoms with E-state index in [-0.39, 0.29) is 18.5 Å². The zero-order valence-corrected chi connectivity index (χ0v) is 15.4. The minimum absolute atomic E-state index is 0.191. The van der Waals surface area contributed by atoms with E-state index in [9.17, 15) is 9.59 Å². The summed E-state index contributed by atoms with van der Waals surface area (Å²) in [5.41, 5.74) is 3.57. The Labute approximate surface area is 149 Å². The molecule has 0 aliphatic carbocycles. The van der Waals surface area contributed by atoms with Crippen LogP contribution in [0, 0.1) is 0 Å². The van der Waals surface area contributed by atoms with Crippen LogP contribution in [0.5, 0.6) is 0 Å². The second-order valence-electron chi connectivity index (χ2n) is 6.55. The number of ether oxygens (including phenoxy) is 1. The lowest BCUT2D eigenvalue weighted by Gasteiger charge is -2.25. The first-order valence-corrected chi connectivity index (χ1v) is 8.62. The first-order valence-electron chi connectivity index (χ1n) is 8.62. The fourth-order valence-corrected chi connectivity index (χ4v) is 2.73. The predicted octanol–water partition coefficient (Wildman–Crippen LogP) is 2.37. The summed E-state index contributed by atoms with van der Waals surface area (Å²) in [5.74, 6) is 0.119. The molecule has 0 radical (unpaired) electrons. The number of hydrogen-bond acceptors (Lipinski definition) is 4. The average molecular weight is 345 g/mol. The number of carbonyl (C=O) groups is 2. The number of esters is 1. The van der Waals surface area contributed by atoms with Crippen LogP contribution < -0.4 is 10.6 Å². The van der Waals surface area contributed by atoms with E-state index in [4.69, 9.17) is 4.74 Å². The number of likely N-dealkylation sites (N-methyl/N-ethyl adjacent to an activating group) is 1. The first-order chi connectivity index (χ1) is 11.9. The number of rotatable bonds is 7. The molecule has 1 aromatic carbocycles. The molecular formula is C19H27N3O3.